The van der Waals surface area contributed by atoms with Gasteiger partial charge in [0.15, 0.2) is 6.04 Å². The highest BCUT2D eigenvalue weighted by atomic mass is 16.5. The zero-order valence-corrected chi connectivity index (χ0v) is 17.3. The quantitative estimate of drug-likeness (QED) is 0.528. The summed E-state index contributed by atoms with van der Waals surface area (Å²) in [5.41, 5.74) is 3.53. The maximum Gasteiger partial charge on any atom is 0.215 e. The molecule has 156 valence electrons. The number of morpholine rings is 1. The van der Waals surface area contributed by atoms with Crippen LogP contribution in [0.3, 0.4) is 0 Å². The minimum Gasteiger partial charge on any atom is -0.370 e. The zero-order chi connectivity index (χ0) is 20.9. The van der Waals surface area contributed by atoms with Gasteiger partial charge in [-0.1, -0.05) is 91.0 Å². The first kappa shape index (κ1) is 19.6. The second-order valence-electron chi connectivity index (χ2n) is 7.82. The van der Waals surface area contributed by atoms with Crippen LogP contribution < -0.4 is 4.90 Å². The molecule has 0 spiro atoms. The van der Waals surface area contributed by atoms with Gasteiger partial charge in [-0.2, -0.15) is 0 Å². The van der Waals surface area contributed by atoms with Gasteiger partial charge in [0.2, 0.25) is 5.82 Å². The van der Waals surface area contributed by atoms with Crippen LogP contribution in [0, 0.1) is 0 Å². The smallest absolute Gasteiger partial charge is 0.215 e. The fourth-order valence-corrected chi connectivity index (χ4v) is 4.46. The molecule has 1 aliphatic heterocycles. The van der Waals surface area contributed by atoms with Crippen molar-refractivity contribution >= 4 is 0 Å². The lowest BCUT2D eigenvalue weighted by Crippen LogP contribution is -3.14. The Hall–Kier alpha value is -3.35. The van der Waals surface area contributed by atoms with E-state index >= 15 is 0 Å². The van der Waals surface area contributed by atoms with Crippen molar-refractivity contribution in [3.8, 4) is 0 Å². The van der Waals surface area contributed by atoms with E-state index in [1.807, 2.05) is 16.8 Å². The molecule has 4 aromatic rings. The highest BCUT2D eigenvalue weighted by Crippen LogP contribution is 2.29. The molecule has 1 atom stereocenters. The first-order valence-corrected chi connectivity index (χ1v) is 10.8. The molecule has 3 aromatic carbocycles. The Kier molecular flexibility index (Phi) is 5.82. The molecule has 0 saturated carbocycles. The molecule has 0 bridgehead atoms. The molecule has 0 aliphatic carbocycles. The number of aromatic nitrogens is 4. The highest BCUT2D eigenvalue weighted by molar-refractivity contribution is 5.33. The molecular formula is C25H26N5O+. The van der Waals surface area contributed by atoms with Crippen LogP contribution in [0.25, 0.3) is 0 Å². The van der Waals surface area contributed by atoms with Crippen molar-refractivity contribution < 1.29 is 9.64 Å². The number of benzene rings is 3. The predicted octanol–water partition coefficient (Wildman–Crippen LogP) is 2.32. The van der Waals surface area contributed by atoms with Crippen LogP contribution in [0.5, 0.6) is 0 Å². The third-order valence-electron chi connectivity index (χ3n) is 5.93. The van der Waals surface area contributed by atoms with Gasteiger partial charge in [-0.3, -0.25) is 0 Å². The van der Waals surface area contributed by atoms with Crippen molar-refractivity contribution in [2.75, 3.05) is 26.3 Å². The number of hydrogen-bond acceptors (Lipinski definition) is 4. The topological polar surface area (TPSA) is 57.3 Å². The van der Waals surface area contributed by atoms with Crippen molar-refractivity contribution in [1.29, 1.82) is 0 Å². The maximum atomic E-state index is 5.64. The molecule has 1 fully saturated rings. The summed E-state index contributed by atoms with van der Waals surface area (Å²) in [5.74, 6) is 0.876. The largest absolute Gasteiger partial charge is 0.370 e. The van der Waals surface area contributed by atoms with Crippen LogP contribution in [0.1, 0.15) is 34.6 Å². The van der Waals surface area contributed by atoms with Crippen LogP contribution in [-0.2, 0) is 4.74 Å². The fraction of sp³-hybridized carbons (Fsp3) is 0.240. The minimum absolute atomic E-state index is 0.0371. The summed E-state index contributed by atoms with van der Waals surface area (Å²) >= 11 is 0. The maximum absolute atomic E-state index is 5.64. The Bertz CT molecular complexity index is 1040. The van der Waals surface area contributed by atoms with Crippen molar-refractivity contribution in [2.24, 2.45) is 0 Å². The van der Waals surface area contributed by atoms with E-state index < -0.39 is 0 Å². The summed E-state index contributed by atoms with van der Waals surface area (Å²) in [6, 6.07) is 31.4. The Labute approximate surface area is 182 Å². The van der Waals surface area contributed by atoms with Crippen LogP contribution in [0.2, 0.25) is 0 Å². The first-order chi connectivity index (χ1) is 15.4. The third kappa shape index (κ3) is 4.13. The SMILES string of the molecule is c1ccc(C(c2ccccc2)n2nnnc2[C@@H](c2ccccc2)[NH+]2CCOCC2)cc1. The van der Waals surface area contributed by atoms with Crippen LogP contribution in [-0.4, -0.2) is 46.5 Å². The second kappa shape index (κ2) is 9.20. The molecule has 0 amide bonds. The molecule has 2 heterocycles. The Balaban J connectivity index is 1.64. The van der Waals surface area contributed by atoms with E-state index in [4.69, 9.17) is 4.74 Å². The van der Waals surface area contributed by atoms with Gasteiger partial charge in [-0.15, -0.1) is 5.10 Å². The van der Waals surface area contributed by atoms with Crippen LogP contribution in [0.4, 0.5) is 0 Å². The van der Waals surface area contributed by atoms with E-state index in [1.165, 1.54) is 10.5 Å². The lowest BCUT2D eigenvalue weighted by Gasteiger charge is -2.32. The third-order valence-corrected chi connectivity index (χ3v) is 5.93. The summed E-state index contributed by atoms with van der Waals surface area (Å²) < 4.78 is 7.64. The van der Waals surface area contributed by atoms with E-state index in [-0.39, 0.29) is 12.1 Å². The molecule has 6 nitrogen and oxygen atoms in total. The molecule has 1 saturated heterocycles. The van der Waals surface area contributed by atoms with Crippen LogP contribution >= 0.6 is 0 Å². The molecule has 1 N–H and O–H groups in total. The van der Waals surface area contributed by atoms with Gasteiger partial charge in [0.25, 0.3) is 0 Å². The summed E-state index contributed by atoms with van der Waals surface area (Å²) in [6.07, 6.45) is 0. The number of hydrogen-bond donors (Lipinski definition) is 1. The average Bonchev–Trinajstić information content (AvgIpc) is 3.31. The van der Waals surface area contributed by atoms with E-state index in [2.05, 4.69) is 94.4 Å². The number of ether oxygens (including phenoxy) is 1. The molecule has 5 rings (SSSR count). The number of rotatable bonds is 6. The summed E-state index contributed by atoms with van der Waals surface area (Å²) in [5, 5.41) is 13.3. The molecule has 6 heteroatoms. The van der Waals surface area contributed by atoms with Crippen LogP contribution in [0.15, 0.2) is 91.0 Å². The van der Waals surface area contributed by atoms with E-state index in [1.54, 1.807) is 0 Å². The molecule has 0 radical (unpaired) electrons. The standard InChI is InChI=1S/C25H25N5O/c1-4-10-20(11-5-1)23(21-12-6-2-7-13-21)30-25(26-27-28-30)24(22-14-8-3-9-15-22)29-16-18-31-19-17-29/h1-15,23-24H,16-19H2/p+1/t24-/m1/s1. The summed E-state index contributed by atoms with van der Waals surface area (Å²) in [6.45, 7) is 3.35. The molecular weight excluding hydrogens is 386 g/mol. The first-order valence-electron chi connectivity index (χ1n) is 10.8. The zero-order valence-electron chi connectivity index (χ0n) is 17.3. The minimum atomic E-state index is -0.0981. The molecule has 31 heavy (non-hydrogen) atoms. The van der Waals surface area contributed by atoms with Gasteiger partial charge in [-0.25, -0.2) is 4.68 Å². The van der Waals surface area contributed by atoms with E-state index in [0.29, 0.717) is 0 Å². The van der Waals surface area contributed by atoms with Crippen molar-refractivity contribution in [1.82, 2.24) is 20.2 Å². The number of nitrogens with zero attached hydrogens (tertiary/aromatic N) is 4. The van der Waals surface area contributed by atoms with Crippen molar-refractivity contribution in [2.45, 2.75) is 12.1 Å². The lowest BCUT2D eigenvalue weighted by molar-refractivity contribution is -0.933. The van der Waals surface area contributed by atoms with Gasteiger partial charge in [0.1, 0.15) is 19.1 Å². The molecule has 1 aromatic heterocycles. The van der Waals surface area contributed by atoms with Gasteiger partial charge < -0.3 is 9.64 Å². The number of nitrogens with one attached hydrogen (secondary N) is 1. The molecule has 1 aliphatic rings. The van der Waals surface area contributed by atoms with E-state index in [0.717, 1.165) is 43.3 Å². The fourth-order valence-electron chi connectivity index (χ4n) is 4.46. The second-order valence-corrected chi connectivity index (χ2v) is 7.82. The average molecular weight is 413 g/mol. The highest BCUT2D eigenvalue weighted by Gasteiger charge is 2.35. The van der Waals surface area contributed by atoms with Gasteiger partial charge >= 0.3 is 0 Å². The van der Waals surface area contributed by atoms with Gasteiger partial charge in [0.05, 0.1) is 13.2 Å². The number of quaternary nitrogens is 1. The normalized spacial score (nSPS) is 15.8. The van der Waals surface area contributed by atoms with Crippen molar-refractivity contribution in [3.05, 3.63) is 114 Å². The Morgan fingerprint density at radius 1 is 0.710 bits per heavy atom. The monoisotopic (exact) mass is 412 g/mol. The Morgan fingerprint density at radius 3 is 1.77 bits per heavy atom. The molecule has 0 unspecified atom stereocenters. The van der Waals surface area contributed by atoms with Crippen molar-refractivity contribution in [3.63, 3.8) is 0 Å². The summed E-state index contributed by atoms with van der Waals surface area (Å²) in [7, 11) is 0. The van der Waals surface area contributed by atoms with Gasteiger partial charge in [-0.05, 0) is 21.6 Å². The van der Waals surface area contributed by atoms with E-state index in [9.17, 15) is 0 Å². The Morgan fingerprint density at radius 2 is 1.23 bits per heavy atom. The predicted molar refractivity (Wildman–Crippen MR) is 118 cm³/mol. The number of tetrazole rings is 1. The van der Waals surface area contributed by atoms with Gasteiger partial charge in [0, 0.05) is 5.56 Å². The summed E-state index contributed by atoms with van der Waals surface area (Å²) in [4.78, 5) is 1.42. The lowest BCUT2D eigenvalue weighted by atomic mass is 9.97.